The van der Waals surface area contributed by atoms with Crippen LogP contribution in [0.4, 0.5) is 0 Å². The van der Waals surface area contributed by atoms with Gasteiger partial charge in [0.1, 0.15) is 60.4 Å². The number of hydrogen-bond acceptors (Lipinski definition) is 18. The lowest BCUT2D eigenvalue weighted by Gasteiger charge is -2.35. The molecule has 0 aromatic heterocycles. The third-order valence-electron chi connectivity index (χ3n) is 14.9. The normalized spacial score (nSPS) is 28.6. The summed E-state index contributed by atoms with van der Waals surface area (Å²) in [6.45, 7) is 6.73. The highest BCUT2D eigenvalue weighted by molar-refractivity contribution is 5.98. The maximum atomic E-state index is 14.6. The number of nitrogens with zero attached hydrogens (tertiary/aromatic N) is 2. The summed E-state index contributed by atoms with van der Waals surface area (Å²) in [5.41, 5.74) is 11.5. The van der Waals surface area contributed by atoms with Crippen LogP contribution in [0.3, 0.4) is 0 Å². The molecule has 0 spiro atoms. The molecule has 16 atom stereocenters. The Morgan fingerprint density at radius 3 is 1.97 bits per heavy atom. The van der Waals surface area contributed by atoms with Gasteiger partial charge >= 0.3 is 0 Å². The van der Waals surface area contributed by atoms with Crippen LogP contribution < -0.4 is 43.4 Å². The number of hydrogen-bond donors (Lipinski definition) is 16. The summed E-state index contributed by atoms with van der Waals surface area (Å²) in [6.07, 6.45) is -6.95. The molecule has 1 aromatic rings. The number of unbranched alkanes of at least 4 members (excludes halogenated alkanes) is 5. The number of phenolic OH excluding ortho intramolecular Hbond substituents is 1. The zero-order valence-corrected chi connectivity index (χ0v) is 45.0. The van der Waals surface area contributed by atoms with Crippen LogP contribution in [-0.2, 0) is 33.6 Å². The number of fused-ring (bicyclic) bond motifs is 2. The molecule has 0 bridgehead atoms. The van der Waals surface area contributed by atoms with Crippen LogP contribution in [0, 0.1) is 11.8 Å². The van der Waals surface area contributed by atoms with Crippen LogP contribution in [0.2, 0.25) is 0 Å². The highest BCUT2D eigenvalue weighted by atomic mass is 16.3. The fourth-order valence-corrected chi connectivity index (χ4v) is 10.2. The summed E-state index contributed by atoms with van der Waals surface area (Å²) in [4.78, 5) is 102. The summed E-state index contributed by atoms with van der Waals surface area (Å²) in [5.74, 6) is -6.43. The molecule has 25 nitrogen and oxygen atoms in total. The van der Waals surface area contributed by atoms with Gasteiger partial charge in [-0.3, -0.25) is 38.9 Å². The zero-order valence-electron chi connectivity index (χ0n) is 45.0. The first-order valence-electron chi connectivity index (χ1n) is 27.3. The Kier molecular flexibility index (Phi) is 26.4. The van der Waals surface area contributed by atoms with E-state index in [4.69, 9.17) is 11.5 Å². The van der Waals surface area contributed by atoms with E-state index in [1.165, 1.54) is 30.7 Å². The minimum absolute atomic E-state index is 0.0257. The first-order chi connectivity index (χ1) is 36.5. The molecule has 77 heavy (non-hydrogen) atoms. The van der Waals surface area contributed by atoms with E-state index in [0.717, 1.165) is 55.2 Å². The van der Waals surface area contributed by atoms with E-state index < -0.39 is 146 Å². The molecular weight excluding hydrogens is 1000 g/mol. The first-order valence-corrected chi connectivity index (χ1v) is 27.3. The topological polar surface area (TPSA) is 412 Å². The van der Waals surface area contributed by atoms with Gasteiger partial charge in [0.2, 0.25) is 41.4 Å². The number of rotatable bonds is 23. The van der Waals surface area contributed by atoms with Crippen LogP contribution in [-0.4, -0.2) is 204 Å². The largest absolute Gasteiger partial charge is 0.508 e. The first kappa shape index (κ1) is 64.4. The maximum absolute atomic E-state index is 14.6. The Hall–Kier alpha value is -5.09. The Morgan fingerprint density at radius 1 is 0.714 bits per heavy atom. The molecule has 7 amide bonds. The van der Waals surface area contributed by atoms with E-state index in [2.05, 4.69) is 52.7 Å². The van der Waals surface area contributed by atoms with Gasteiger partial charge in [-0.2, -0.15) is 0 Å². The number of nitrogens with one attached hydrogen (secondary N) is 6. The number of aliphatic hydroxyl groups is 7. The minimum Gasteiger partial charge on any atom is -0.508 e. The predicted octanol–water partition coefficient (Wildman–Crippen LogP) is -3.31. The van der Waals surface area contributed by atoms with Crippen LogP contribution >= 0.6 is 0 Å². The molecule has 3 aliphatic rings. The average molecular weight is 1090 g/mol. The number of nitrogens with two attached hydrogens (primary N) is 2. The van der Waals surface area contributed by atoms with E-state index in [-0.39, 0.29) is 56.8 Å². The summed E-state index contributed by atoms with van der Waals surface area (Å²) < 4.78 is 0. The molecule has 3 fully saturated rings. The van der Waals surface area contributed by atoms with E-state index in [0.29, 0.717) is 24.7 Å². The van der Waals surface area contributed by atoms with Crippen molar-refractivity contribution in [3.8, 4) is 5.75 Å². The van der Waals surface area contributed by atoms with Crippen LogP contribution in [0.1, 0.15) is 129 Å². The summed E-state index contributed by atoms with van der Waals surface area (Å²) in [5, 5.41) is 104. The van der Waals surface area contributed by atoms with Crippen molar-refractivity contribution in [3.05, 3.63) is 29.8 Å². The summed E-state index contributed by atoms with van der Waals surface area (Å²) in [7, 11) is 0. The second kappa shape index (κ2) is 31.5. The van der Waals surface area contributed by atoms with Gasteiger partial charge in [-0.05, 0) is 68.7 Å². The Balaban J connectivity index is 1.73. The van der Waals surface area contributed by atoms with Gasteiger partial charge in [0.25, 0.3) is 0 Å². The number of carbonyl (C=O) groups is 7. The van der Waals surface area contributed by atoms with E-state index in [1.54, 1.807) is 0 Å². The van der Waals surface area contributed by atoms with Gasteiger partial charge in [-0.15, -0.1) is 0 Å². The lowest BCUT2D eigenvalue weighted by molar-refractivity contribution is -0.148. The Labute approximate surface area is 450 Å². The molecule has 25 heteroatoms. The van der Waals surface area contributed by atoms with E-state index in [9.17, 15) is 74.4 Å². The van der Waals surface area contributed by atoms with Crippen LogP contribution in [0.15, 0.2) is 24.3 Å². The molecule has 18 N–H and O–H groups in total. The number of aliphatic hydroxyl groups excluding tert-OH is 7. The van der Waals surface area contributed by atoms with Gasteiger partial charge in [-0.25, -0.2) is 0 Å². The molecular formula is C52H88N10O15. The quantitative estimate of drug-likeness (QED) is 0.0477. The number of aromatic hydroxyl groups is 1. The fraction of sp³-hybridized carbons (Fsp3) is 0.750. The number of benzene rings is 1. The molecule has 0 saturated carbocycles. The molecule has 436 valence electrons. The summed E-state index contributed by atoms with van der Waals surface area (Å²) >= 11 is 0. The van der Waals surface area contributed by atoms with Crippen LogP contribution in [0.25, 0.3) is 0 Å². The molecule has 4 unspecified atom stereocenters. The van der Waals surface area contributed by atoms with E-state index in [1.807, 2.05) is 0 Å². The van der Waals surface area contributed by atoms with Crippen LogP contribution in [0.5, 0.6) is 5.75 Å². The van der Waals surface area contributed by atoms with Crippen molar-refractivity contribution in [3.63, 3.8) is 0 Å². The van der Waals surface area contributed by atoms with Gasteiger partial charge in [0.05, 0.1) is 30.5 Å². The Morgan fingerprint density at radius 2 is 1.34 bits per heavy atom. The van der Waals surface area contributed by atoms with E-state index >= 15 is 0 Å². The molecule has 0 aliphatic carbocycles. The molecule has 0 radical (unpaired) electrons. The molecule has 1 aromatic carbocycles. The third kappa shape index (κ3) is 18.8. The lowest BCUT2D eigenvalue weighted by atomic mass is 9.91. The number of phenols is 1. The highest BCUT2D eigenvalue weighted by Gasteiger charge is 2.49. The minimum atomic E-state index is -2.28. The van der Waals surface area contributed by atoms with Crippen molar-refractivity contribution in [2.24, 2.45) is 23.3 Å². The second-order valence-corrected chi connectivity index (χ2v) is 21.3. The lowest BCUT2D eigenvalue weighted by Crippen LogP contribution is -2.65. The van der Waals surface area contributed by atoms with Crippen molar-refractivity contribution in [1.29, 1.82) is 0 Å². The van der Waals surface area contributed by atoms with Gasteiger partial charge in [0, 0.05) is 45.4 Å². The summed E-state index contributed by atoms with van der Waals surface area (Å²) in [6, 6.07) is -6.40. The molecule has 4 rings (SSSR count). The highest BCUT2D eigenvalue weighted by Crippen LogP contribution is 2.27. The second-order valence-electron chi connectivity index (χ2n) is 21.3. The number of carbonyl (C=O) groups excluding carboxylic acids is 7. The standard InChI is InChI=1S/C52H88N10O15/c1-5-28(2)24-29(3)12-10-8-6-7-9-11-13-39(69)56-34-26-38(68)46(55-22-21-54)60-50(75)43-37(67)19-23-61(43)52(77)41(36(66)18-20-53)58-49(74)42(45(71)44(70)31-14-16-32(64)17-15-31)59-48(73)35-25-33(65)27-62(35)51(76)40(30(4)63)57-47(34)72/h14-17,28-30,33-38,40-46,55,63-68,70-71H,5-13,18-27,53-54H2,1-4H3,(H,56,69)(H,57,72)(H,58,74)(H,59,73)(H,60,75)/t28-,29+,30+,33+,34?,35-,36+,37-,38+,40-,41?,42?,43?,44-,45-,46-/m0/s1. The average Bonchev–Trinajstić information content (AvgIpc) is 3.99. The van der Waals surface area contributed by atoms with Gasteiger partial charge in [-0.1, -0.05) is 77.8 Å². The van der Waals surface area contributed by atoms with Crippen molar-refractivity contribution in [2.45, 2.75) is 203 Å². The zero-order chi connectivity index (χ0) is 57.1. The van der Waals surface area contributed by atoms with Crippen molar-refractivity contribution in [2.75, 3.05) is 32.7 Å². The third-order valence-corrected chi connectivity index (χ3v) is 14.9. The maximum Gasteiger partial charge on any atom is 0.248 e. The predicted molar refractivity (Wildman–Crippen MR) is 280 cm³/mol. The SMILES string of the molecule is CC[C@H](C)C[C@H](C)CCCCCCCCC(=O)NC1C[C@@H](O)[C@@H](NCCN)NC(=O)C2[C@@H](O)CCN2C(=O)C([C@H](O)CCN)NC(=O)C([C@H](O)[C@@H](O)c2ccc(O)cc2)NC(=O)[C@@H]2C[C@@H](O)CN2C(=O)[C@H]([C@@H](C)O)NC1=O. The fourth-order valence-electron chi connectivity index (χ4n) is 10.2. The molecule has 3 saturated heterocycles. The molecule has 3 aliphatic heterocycles. The van der Waals surface area contributed by atoms with Crippen molar-refractivity contribution in [1.82, 2.24) is 41.7 Å². The molecule has 3 heterocycles. The monoisotopic (exact) mass is 1090 g/mol. The van der Waals surface area contributed by atoms with Gasteiger partial charge < -0.3 is 88.7 Å². The number of amides is 7. The van der Waals surface area contributed by atoms with Crippen molar-refractivity contribution >= 4 is 41.4 Å². The Bertz CT molecular complexity index is 2070. The smallest absolute Gasteiger partial charge is 0.248 e. The van der Waals surface area contributed by atoms with Gasteiger partial charge in [0.15, 0.2) is 0 Å². The van der Waals surface area contributed by atoms with Crippen molar-refractivity contribution < 1.29 is 74.4 Å².